The molecule has 0 unspecified atom stereocenters. The molecule has 0 radical (unpaired) electrons. The average Bonchev–Trinajstić information content (AvgIpc) is 2.49. The van der Waals surface area contributed by atoms with E-state index >= 15 is 0 Å². The summed E-state index contributed by atoms with van der Waals surface area (Å²) in [6.45, 7) is 4.00. The number of nitro benzene ring substituents is 1. The summed E-state index contributed by atoms with van der Waals surface area (Å²) in [6, 6.07) is 10.1. The van der Waals surface area contributed by atoms with Crippen LogP contribution >= 0.6 is 11.6 Å². The Morgan fingerprint density at radius 2 is 1.71 bits per heavy atom. The molecule has 0 saturated heterocycles. The van der Waals surface area contributed by atoms with E-state index in [0.717, 1.165) is 0 Å². The Balaban J connectivity index is 0.00000106. The number of benzene rings is 2. The number of aromatic carboxylic acids is 1. The Bertz CT molecular complexity index is 653. The largest absolute Gasteiger partial charge is 0.478 e. The summed E-state index contributed by atoms with van der Waals surface area (Å²) in [5.41, 5.74) is 0.701. The zero-order chi connectivity index (χ0) is 16.0. The highest BCUT2D eigenvalue weighted by molar-refractivity contribution is 6.30. The fourth-order valence-electron chi connectivity index (χ4n) is 1.70. The van der Waals surface area contributed by atoms with Gasteiger partial charge in [0, 0.05) is 22.7 Å². The van der Waals surface area contributed by atoms with Gasteiger partial charge in [0.05, 0.1) is 10.5 Å². The number of carbonyl (C=O) groups is 1. The molecule has 0 bridgehead atoms. The van der Waals surface area contributed by atoms with Gasteiger partial charge in [-0.3, -0.25) is 10.1 Å². The molecule has 0 aromatic heterocycles. The van der Waals surface area contributed by atoms with Gasteiger partial charge < -0.3 is 5.11 Å². The Hall–Kier alpha value is -2.40. The first-order valence-electron chi connectivity index (χ1n) is 6.26. The van der Waals surface area contributed by atoms with E-state index in [0.29, 0.717) is 16.1 Å². The molecule has 2 rings (SSSR count). The zero-order valence-corrected chi connectivity index (χ0v) is 12.3. The van der Waals surface area contributed by atoms with Gasteiger partial charge in [-0.1, -0.05) is 37.6 Å². The fourth-order valence-corrected chi connectivity index (χ4v) is 1.83. The van der Waals surface area contributed by atoms with Crippen molar-refractivity contribution in [3.05, 3.63) is 63.2 Å². The first kappa shape index (κ1) is 16.7. The maximum atomic E-state index is 11.1. The van der Waals surface area contributed by atoms with Gasteiger partial charge in [0.2, 0.25) is 0 Å². The van der Waals surface area contributed by atoms with Gasteiger partial charge >= 0.3 is 5.97 Å². The van der Waals surface area contributed by atoms with Gasteiger partial charge in [-0.15, -0.1) is 0 Å². The monoisotopic (exact) mass is 307 g/mol. The maximum absolute atomic E-state index is 11.1. The molecule has 2 aromatic rings. The van der Waals surface area contributed by atoms with Crippen molar-refractivity contribution in [1.82, 2.24) is 0 Å². The zero-order valence-electron chi connectivity index (χ0n) is 11.5. The first-order valence-corrected chi connectivity index (χ1v) is 6.64. The van der Waals surface area contributed by atoms with Gasteiger partial charge in [-0.2, -0.15) is 0 Å². The van der Waals surface area contributed by atoms with Gasteiger partial charge in [-0.05, 0) is 23.8 Å². The van der Waals surface area contributed by atoms with Crippen molar-refractivity contribution in [2.24, 2.45) is 0 Å². The van der Waals surface area contributed by atoms with Crippen molar-refractivity contribution in [2.45, 2.75) is 13.8 Å². The number of non-ortho nitro benzene ring substituents is 1. The molecule has 5 nitrogen and oxygen atoms in total. The van der Waals surface area contributed by atoms with E-state index in [1.165, 1.54) is 18.2 Å². The van der Waals surface area contributed by atoms with E-state index in [1.54, 1.807) is 24.3 Å². The molecule has 2 aromatic carbocycles. The lowest BCUT2D eigenvalue weighted by atomic mass is 9.99. The van der Waals surface area contributed by atoms with Crippen molar-refractivity contribution in [3.63, 3.8) is 0 Å². The van der Waals surface area contributed by atoms with Crippen LogP contribution in [0.3, 0.4) is 0 Å². The van der Waals surface area contributed by atoms with Crippen LogP contribution in [-0.4, -0.2) is 16.0 Å². The van der Waals surface area contributed by atoms with Crippen LogP contribution < -0.4 is 0 Å². The lowest BCUT2D eigenvalue weighted by Crippen LogP contribution is -2.00. The number of nitrogens with zero attached hydrogens (tertiary/aromatic N) is 1. The summed E-state index contributed by atoms with van der Waals surface area (Å²) < 4.78 is 0. The molecule has 0 amide bonds. The van der Waals surface area contributed by atoms with Crippen LogP contribution in [0.25, 0.3) is 11.1 Å². The molecular weight excluding hydrogens is 294 g/mol. The van der Waals surface area contributed by atoms with Crippen molar-refractivity contribution in [1.29, 1.82) is 0 Å². The number of hydrogen-bond acceptors (Lipinski definition) is 3. The Morgan fingerprint density at radius 1 is 1.14 bits per heavy atom. The summed E-state index contributed by atoms with van der Waals surface area (Å²) in [5, 5.41) is 20.4. The summed E-state index contributed by atoms with van der Waals surface area (Å²) in [7, 11) is 0. The van der Waals surface area contributed by atoms with Crippen molar-refractivity contribution in [3.8, 4) is 11.1 Å². The third-order valence-corrected chi connectivity index (χ3v) is 2.85. The number of carboxylic acid groups (broad SMARTS) is 1. The minimum Gasteiger partial charge on any atom is -0.478 e. The average molecular weight is 308 g/mol. The lowest BCUT2D eigenvalue weighted by Gasteiger charge is -2.06. The summed E-state index contributed by atoms with van der Waals surface area (Å²) in [5.74, 6) is -1.14. The van der Waals surface area contributed by atoms with Crippen LogP contribution in [0.15, 0.2) is 42.5 Å². The Kier molecular flexibility index (Phi) is 5.87. The Labute approximate surface area is 127 Å². The van der Waals surface area contributed by atoms with Gasteiger partial charge in [0.15, 0.2) is 0 Å². The molecule has 0 saturated carbocycles. The highest BCUT2D eigenvalue weighted by Gasteiger charge is 2.16. The molecule has 0 atom stereocenters. The molecule has 0 fully saturated rings. The third-order valence-electron chi connectivity index (χ3n) is 2.60. The highest BCUT2D eigenvalue weighted by atomic mass is 35.5. The fraction of sp³-hybridized carbons (Fsp3) is 0.133. The third kappa shape index (κ3) is 4.03. The molecule has 0 spiro atoms. The number of carboxylic acids is 1. The van der Waals surface area contributed by atoms with Crippen LogP contribution in [-0.2, 0) is 0 Å². The van der Waals surface area contributed by atoms with Crippen LogP contribution in [0.5, 0.6) is 0 Å². The van der Waals surface area contributed by atoms with Crippen molar-refractivity contribution in [2.75, 3.05) is 0 Å². The molecule has 0 aliphatic carbocycles. The molecule has 21 heavy (non-hydrogen) atoms. The van der Waals surface area contributed by atoms with Crippen molar-refractivity contribution >= 4 is 23.3 Å². The van der Waals surface area contributed by atoms with Gasteiger partial charge in [0.25, 0.3) is 5.69 Å². The second-order valence-corrected chi connectivity index (χ2v) is 4.24. The van der Waals surface area contributed by atoms with Crippen LogP contribution in [0, 0.1) is 10.1 Å². The van der Waals surface area contributed by atoms with E-state index in [4.69, 9.17) is 16.7 Å². The molecular formula is C15H14ClNO4. The SMILES string of the molecule is CC.O=C(O)c1ccc([N+](=O)[O-])cc1-c1ccc(Cl)cc1. The topological polar surface area (TPSA) is 80.4 Å². The molecule has 0 heterocycles. The standard InChI is InChI=1S/C13H8ClNO4.C2H6/c14-9-3-1-8(2-4-9)12-7-10(15(18)19)5-6-11(12)13(16)17;1-2/h1-7H,(H,16,17);1-2H3. The molecule has 1 N–H and O–H groups in total. The van der Waals surface area contributed by atoms with E-state index < -0.39 is 10.9 Å². The summed E-state index contributed by atoms with van der Waals surface area (Å²) in [6.07, 6.45) is 0. The van der Waals surface area contributed by atoms with Crippen LogP contribution in [0.1, 0.15) is 24.2 Å². The Morgan fingerprint density at radius 3 is 2.19 bits per heavy atom. The summed E-state index contributed by atoms with van der Waals surface area (Å²) in [4.78, 5) is 21.3. The van der Waals surface area contributed by atoms with Gasteiger partial charge in [0.1, 0.15) is 0 Å². The molecule has 0 aliphatic rings. The second-order valence-electron chi connectivity index (χ2n) is 3.80. The van der Waals surface area contributed by atoms with E-state index in [-0.39, 0.29) is 11.3 Å². The molecule has 6 heteroatoms. The molecule has 110 valence electrons. The second kappa shape index (κ2) is 7.40. The van der Waals surface area contributed by atoms with Crippen LogP contribution in [0.4, 0.5) is 5.69 Å². The predicted molar refractivity (Wildman–Crippen MR) is 81.8 cm³/mol. The molecule has 0 aliphatic heterocycles. The highest BCUT2D eigenvalue weighted by Crippen LogP contribution is 2.29. The van der Waals surface area contributed by atoms with Crippen LogP contribution in [0.2, 0.25) is 5.02 Å². The van der Waals surface area contributed by atoms with Gasteiger partial charge in [-0.25, -0.2) is 4.79 Å². The first-order chi connectivity index (χ1) is 9.99. The number of hydrogen-bond donors (Lipinski definition) is 1. The van der Waals surface area contributed by atoms with E-state index in [2.05, 4.69) is 0 Å². The normalized spacial score (nSPS) is 9.48. The number of halogens is 1. The van der Waals surface area contributed by atoms with E-state index in [9.17, 15) is 14.9 Å². The quantitative estimate of drug-likeness (QED) is 0.661. The minimum atomic E-state index is -1.14. The number of rotatable bonds is 3. The lowest BCUT2D eigenvalue weighted by molar-refractivity contribution is -0.384. The van der Waals surface area contributed by atoms with Crippen molar-refractivity contribution < 1.29 is 14.8 Å². The summed E-state index contributed by atoms with van der Waals surface area (Å²) >= 11 is 5.76. The predicted octanol–water partition coefficient (Wildman–Crippen LogP) is 4.64. The van der Waals surface area contributed by atoms with E-state index in [1.807, 2.05) is 13.8 Å². The number of nitro groups is 1. The smallest absolute Gasteiger partial charge is 0.336 e. The maximum Gasteiger partial charge on any atom is 0.336 e. The minimum absolute atomic E-state index is 0.00734.